The van der Waals surface area contributed by atoms with Crippen LogP contribution in [-0.2, 0) is 6.54 Å². The minimum atomic E-state index is -0.435. The third-order valence-electron chi connectivity index (χ3n) is 3.51. The van der Waals surface area contributed by atoms with Crippen molar-refractivity contribution in [2.75, 3.05) is 26.2 Å². The average molecular weight is 268 g/mol. The molecular weight excluding hydrogens is 248 g/mol. The molecule has 0 unspecified atom stereocenters. The number of nitrogens with two attached hydrogens (primary N) is 1. The van der Waals surface area contributed by atoms with Crippen LogP contribution in [0.15, 0.2) is 6.20 Å². The van der Waals surface area contributed by atoms with E-state index in [9.17, 15) is 4.79 Å². The molecule has 8 heteroatoms. The first kappa shape index (κ1) is 13.9. The Bertz CT molecular complexity index is 413. The first-order valence-electron chi connectivity index (χ1n) is 6.47. The average Bonchev–Trinajstić information content (AvgIpc) is 2.93. The molecular formula is C11H20N6O2. The smallest absolute Gasteiger partial charge is 0.287 e. The Kier molecular flexibility index (Phi) is 4.83. The molecule has 1 aliphatic rings. The zero-order chi connectivity index (χ0) is 13.7. The van der Waals surface area contributed by atoms with Gasteiger partial charge in [-0.15, -0.1) is 5.10 Å². The summed E-state index contributed by atoms with van der Waals surface area (Å²) in [5.41, 5.74) is 2.25. The summed E-state index contributed by atoms with van der Waals surface area (Å²) in [6.07, 6.45) is 3.66. The highest BCUT2D eigenvalue weighted by atomic mass is 16.3. The van der Waals surface area contributed by atoms with Gasteiger partial charge < -0.3 is 10.0 Å². The summed E-state index contributed by atoms with van der Waals surface area (Å²) in [4.78, 5) is 13.5. The number of likely N-dealkylation sites (tertiary alicyclic amines) is 1. The van der Waals surface area contributed by atoms with Gasteiger partial charge >= 0.3 is 0 Å². The summed E-state index contributed by atoms with van der Waals surface area (Å²) in [5.74, 6) is 5.04. The number of carbonyl (C=O) groups excluding carboxylic acids is 1. The van der Waals surface area contributed by atoms with Crippen molar-refractivity contribution in [3.05, 3.63) is 11.9 Å². The molecule has 2 rings (SSSR count). The summed E-state index contributed by atoms with van der Waals surface area (Å²) in [5, 5.41) is 16.7. The molecule has 1 aromatic heterocycles. The number of rotatable bonds is 5. The molecule has 0 atom stereocenters. The van der Waals surface area contributed by atoms with Gasteiger partial charge in [-0.05, 0) is 31.8 Å². The van der Waals surface area contributed by atoms with Gasteiger partial charge in [0.25, 0.3) is 5.91 Å². The van der Waals surface area contributed by atoms with Crippen LogP contribution in [0.4, 0.5) is 0 Å². The topological polar surface area (TPSA) is 109 Å². The molecule has 0 saturated carbocycles. The molecule has 2 heterocycles. The number of nitrogens with one attached hydrogen (secondary N) is 1. The molecule has 4 N–H and O–H groups in total. The summed E-state index contributed by atoms with van der Waals surface area (Å²) in [6, 6.07) is 0. The van der Waals surface area contributed by atoms with Gasteiger partial charge in [-0.3, -0.25) is 14.9 Å². The highest BCUT2D eigenvalue weighted by Gasteiger charge is 2.18. The molecule has 1 aliphatic heterocycles. The van der Waals surface area contributed by atoms with Gasteiger partial charge in [-0.25, -0.2) is 5.84 Å². The van der Waals surface area contributed by atoms with Crippen LogP contribution < -0.4 is 11.3 Å². The summed E-state index contributed by atoms with van der Waals surface area (Å²) in [7, 11) is 0. The lowest BCUT2D eigenvalue weighted by Gasteiger charge is -2.30. The number of amides is 1. The van der Waals surface area contributed by atoms with Crippen LogP contribution in [-0.4, -0.2) is 57.1 Å². The fraction of sp³-hybridized carbons (Fsp3) is 0.727. The van der Waals surface area contributed by atoms with Crippen molar-refractivity contribution in [1.82, 2.24) is 25.3 Å². The first-order valence-corrected chi connectivity index (χ1v) is 6.47. The highest BCUT2D eigenvalue weighted by Crippen LogP contribution is 2.15. The van der Waals surface area contributed by atoms with Crippen molar-refractivity contribution >= 4 is 5.91 Å². The second-order valence-corrected chi connectivity index (χ2v) is 4.81. The number of aliphatic hydroxyl groups excluding tert-OH is 1. The van der Waals surface area contributed by atoms with Crippen molar-refractivity contribution < 1.29 is 9.90 Å². The Morgan fingerprint density at radius 3 is 2.84 bits per heavy atom. The predicted octanol–water partition coefficient (Wildman–Crippen LogP) is -1.41. The number of aliphatic hydroxyl groups is 1. The lowest BCUT2D eigenvalue weighted by Crippen LogP contribution is -2.36. The normalized spacial score (nSPS) is 17.6. The quantitative estimate of drug-likeness (QED) is 0.344. The molecule has 106 valence electrons. The number of hydrazine groups is 1. The molecule has 1 aromatic rings. The van der Waals surface area contributed by atoms with E-state index in [0.717, 1.165) is 32.5 Å². The summed E-state index contributed by atoms with van der Waals surface area (Å²) < 4.78 is 1.64. The third-order valence-corrected chi connectivity index (χ3v) is 3.51. The van der Waals surface area contributed by atoms with Gasteiger partial charge in [0, 0.05) is 13.2 Å². The van der Waals surface area contributed by atoms with Gasteiger partial charge in [0.15, 0.2) is 5.69 Å². The number of nitrogen functional groups attached to an aromatic ring is 1. The lowest BCUT2D eigenvalue weighted by atomic mass is 9.98. The standard InChI is InChI=1S/C11H20N6O2/c12-13-11(19)10-7-17(15-14-10)6-5-16-3-1-9(8-18)2-4-16/h7,9,18H,1-6,8,12H2,(H,13,19). The zero-order valence-electron chi connectivity index (χ0n) is 10.8. The van der Waals surface area contributed by atoms with E-state index in [1.54, 1.807) is 10.9 Å². The maximum Gasteiger partial charge on any atom is 0.287 e. The van der Waals surface area contributed by atoms with Crippen LogP contribution in [0.2, 0.25) is 0 Å². The van der Waals surface area contributed by atoms with E-state index < -0.39 is 5.91 Å². The number of nitrogens with zero attached hydrogens (tertiary/aromatic N) is 4. The number of aromatic nitrogens is 3. The fourth-order valence-corrected chi connectivity index (χ4v) is 2.22. The number of hydrogen-bond donors (Lipinski definition) is 3. The Hall–Kier alpha value is -1.51. The van der Waals surface area contributed by atoms with E-state index in [1.165, 1.54) is 0 Å². The van der Waals surface area contributed by atoms with E-state index in [1.807, 2.05) is 5.43 Å². The molecule has 0 spiro atoms. The van der Waals surface area contributed by atoms with Crippen LogP contribution in [0.25, 0.3) is 0 Å². The molecule has 0 aromatic carbocycles. The van der Waals surface area contributed by atoms with Gasteiger partial charge in [0.2, 0.25) is 0 Å². The van der Waals surface area contributed by atoms with E-state index in [0.29, 0.717) is 12.5 Å². The van der Waals surface area contributed by atoms with Crippen LogP contribution in [0.3, 0.4) is 0 Å². The lowest BCUT2D eigenvalue weighted by molar-refractivity contribution is 0.0948. The van der Waals surface area contributed by atoms with E-state index in [2.05, 4.69) is 15.2 Å². The number of carbonyl (C=O) groups is 1. The van der Waals surface area contributed by atoms with Crippen LogP contribution in [0.5, 0.6) is 0 Å². The highest BCUT2D eigenvalue weighted by molar-refractivity contribution is 5.91. The van der Waals surface area contributed by atoms with Crippen LogP contribution in [0, 0.1) is 5.92 Å². The fourth-order valence-electron chi connectivity index (χ4n) is 2.22. The maximum atomic E-state index is 11.2. The molecule has 1 fully saturated rings. The minimum absolute atomic E-state index is 0.224. The summed E-state index contributed by atoms with van der Waals surface area (Å²) in [6.45, 7) is 3.83. The monoisotopic (exact) mass is 268 g/mol. The second-order valence-electron chi connectivity index (χ2n) is 4.81. The van der Waals surface area contributed by atoms with E-state index in [4.69, 9.17) is 10.9 Å². The van der Waals surface area contributed by atoms with Crippen molar-refractivity contribution in [3.63, 3.8) is 0 Å². The third kappa shape index (κ3) is 3.72. The first-order chi connectivity index (χ1) is 9.22. The van der Waals surface area contributed by atoms with Crippen molar-refractivity contribution in [1.29, 1.82) is 0 Å². The molecule has 0 bridgehead atoms. The van der Waals surface area contributed by atoms with Crippen LogP contribution >= 0.6 is 0 Å². The largest absolute Gasteiger partial charge is 0.396 e. The Morgan fingerprint density at radius 2 is 2.21 bits per heavy atom. The number of hydrogen-bond acceptors (Lipinski definition) is 6. The van der Waals surface area contributed by atoms with E-state index >= 15 is 0 Å². The summed E-state index contributed by atoms with van der Waals surface area (Å²) >= 11 is 0. The molecule has 0 radical (unpaired) electrons. The van der Waals surface area contributed by atoms with Crippen molar-refractivity contribution in [3.8, 4) is 0 Å². The Balaban J connectivity index is 1.76. The maximum absolute atomic E-state index is 11.2. The second kappa shape index (κ2) is 6.60. The number of piperidine rings is 1. The van der Waals surface area contributed by atoms with Crippen molar-refractivity contribution in [2.45, 2.75) is 19.4 Å². The van der Waals surface area contributed by atoms with Crippen molar-refractivity contribution in [2.24, 2.45) is 11.8 Å². The molecule has 8 nitrogen and oxygen atoms in total. The van der Waals surface area contributed by atoms with Gasteiger partial charge in [0.1, 0.15) is 0 Å². The molecule has 19 heavy (non-hydrogen) atoms. The predicted molar refractivity (Wildman–Crippen MR) is 67.9 cm³/mol. The molecule has 1 saturated heterocycles. The Labute approximate surface area is 111 Å². The Morgan fingerprint density at radius 1 is 1.47 bits per heavy atom. The zero-order valence-corrected chi connectivity index (χ0v) is 10.8. The van der Waals surface area contributed by atoms with E-state index in [-0.39, 0.29) is 12.3 Å². The van der Waals surface area contributed by atoms with Crippen LogP contribution in [0.1, 0.15) is 23.3 Å². The van der Waals surface area contributed by atoms with Gasteiger partial charge in [-0.2, -0.15) is 0 Å². The SMILES string of the molecule is NNC(=O)c1cn(CCN2CCC(CO)CC2)nn1. The molecule has 0 aliphatic carbocycles. The van der Waals surface area contributed by atoms with Gasteiger partial charge in [0.05, 0.1) is 12.7 Å². The minimum Gasteiger partial charge on any atom is -0.396 e. The van der Waals surface area contributed by atoms with Gasteiger partial charge in [-0.1, -0.05) is 5.21 Å². The molecule has 1 amide bonds.